The van der Waals surface area contributed by atoms with Gasteiger partial charge in [0.15, 0.2) is 0 Å². The third kappa shape index (κ3) is 2.92. The molecule has 0 saturated carbocycles. The Morgan fingerprint density at radius 2 is 2.13 bits per heavy atom. The number of hydrogen-bond donors (Lipinski definition) is 1. The molecule has 0 bridgehead atoms. The topological polar surface area (TPSA) is 74.7 Å². The smallest absolute Gasteiger partial charge is 0.322 e. The number of piperidine rings is 1. The molecule has 1 saturated heterocycles. The van der Waals surface area contributed by atoms with Crippen molar-refractivity contribution in [3.8, 4) is 0 Å². The van der Waals surface area contributed by atoms with E-state index in [4.69, 9.17) is 5.11 Å². The zero-order valence-electron chi connectivity index (χ0n) is 9.01. The van der Waals surface area contributed by atoms with Crippen LogP contribution < -0.4 is 0 Å². The quantitative estimate of drug-likeness (QED) is 0.774. The van der Waals surface area contributed by atoms with Crippen molar-refractivity contribution in [1.29, 1.82) is 0 Å². The molecule has 2 unspecified atom stereocenters. The summed E-state index contributed by atoms with van der Waals surface area (Å²) in [6, 6.07) is -0.876. The van der Waals surface area contributed by atoms with Gasteiger partial charge in [-0.25, -0.2) is 8.42 Å². The molecule has 0 amide bonds. The Kier molecular flexibility index (Phi) is 3.72. The molecule has 1 fully saturated rings. The lowest BCUT2D eigenvalue weighted by atomic mass is 9.90. The molecule has 88 valence electrons. The molecule has 0 aliphatic carbocycles. The van der Waals surface area contributed by atoms with Crippen LogP contribution in [0.5, 0.6) is 0 Å². The van der Waals surface area contributed by atoms with Crippen LogP contribution in [0.2, 0.25) is 0 Å². The van der Waals surface area contributed by atoms with Crippen LogP contribution in [0.1, 0.15) is 26.2 Å². The Labute approximate surface area is 90.1 Å². The van der Waals surface area contributed by atoms with Gasteiger partial charge in [-0.2, -0.15) is 4.31 Å². The van der Waals surface area contributed by atoms with E-state index in [9.17, 15) is 13.2 Å². The minimum absolute atomic E-state index is 0.323. The summed E-state index contributed by atoms with van der Waals surface area (Å²) in [6.07, 6.45) is 3.16. The van der Waals surface area contributed by atoms with Crippen LogP contribution in [0, 0.1) is 5.92 Å². The standard InChI is InChI=1S/C9H17NO4S/c1-3-7-4-5-10(15(2,13)14)8(6-7)9(11)12/h7-8H,3-6H2,1-2H3,(H,11,12). The molecule has 5 nitrogen and oxygen atoms in total. The third-order valence-electron chi connectivity index (χ3n) is 2.95. The lowest BCUT2D eigenvalue weighted by molar-refractivity contribution is -0.143. The van der Waals surface area contributed by atoms with E-state index < -0.39 is 22.0 Å². The fourth-order valence-electron chi connectivity index (χ4n) is 2.01. The van der Waals surface area contributed by atoms with Crippen LogP contribution in [-0.2, 0) is 14.8 Å². The number of rotatable bonds is 3. The first-order valence-corrected chi connectivity index (χ1v) is 6.90. The minimum Gasteiger partial charge on any atom is -0.480 e. The number of sulfonamides is 1. The van der Waals surface area contributed by atoms with E-state index in [0.717, 1.165) is 23.4 Å². The Hall–Kier alpha value is -0.620. The molecule has 6 heteroatoms. The van der Waals surface area contributed by atoms with Gasteiger partial charge >= 0.3 is 5.97 Å². The Bertz CT molecular complexity index is 338. The van der Waals surface area contributed by atoms with Crippen molar-refractivity contribution in [2.75, 3.05) is 12.8 Å². The van der Waals surface area contributed by atoms with Gasteiger partial charge in [0.2, 0.25) is 10.0 Å². The van der Waals surface area contributed by atoms with Gasteiger partial charge in [0.25, 0.3) is 0 Å². The SMILES string of the molecule is CCC1CCN(S(C)(=O)=O)C(C(=O)O)C1. The van der Waals surface area contributed by atoms with Crippen LogP contribution in [0.4, 0.5) is 0 Å². The second-order valence-electron chi connectivity index (χ2n) is 4.03. The Balaban J connectivity index is 2.86. The highest BCUT2D eigenvalue weighted by Crippen LogP contribution is 2.27. The van der Waals surface area contributed by atoms with Crippen molar-refractivity contribution < 1.29 is 18.3 Å². The van der Waals surface area contributed by atoms with E-state index in [1.54, 1.807) is 0 Å². The molecule has 15 heavy (non-hydrogen) atoms. The van der Waals surface area contributed by atoms with Crippen molar-refractivity contribution in [1.82, 2.24) is 4.31 Å². The molecular weight excluding hydrogens is 218 g/mol. The van der Waals surface area contributed by atoms with Crippen molar-refractivity contribution >= 4 is 16.0 Å². The van der Waals surface area contributed by atoms with Crippen LogP contribution in [-0.4, -0.2) is 42.6 Å². The van der Waals surface area contributed by atoms with Gasteiger partial charge in [-0.1, -0.05) is 13.3 Å². The van der Waals surface area contributed by atoms with Crippen LogP contribution in [0.3, 0.4) is 0 Å². The highest BCUT2D eigenvalue weighted by Gasteiger charge is 2.37. The van der Waals surface area contributed by atoms with Crippen molar-refractivity contribution in [3.05, 3.63) is 0 Å². The maximum absolute atomic E-state index is 11.4. The predicted octanol–water partition coefficient (Wildman–Crippen LogP) is 0.521. The first kappa shape index (κ1) is 12.4. The predicted molar refractivity (Wildman–Crippen MR) is 56.0 cm³/mol. The first-order valence-electron chi connectivity index (χ1n) is 5.06. The number of carbonyl (C=O) groups is 1. The summed E-state index contributed by atoms with van der Waals surface area (Å²) in [4.78, 5) is 11.0. The zero-order chi connectivity index (χ0) is 11.6. The Morgan fingerprint density at radius 1 is 1.53 bits per heavy atom. The van der Waals surface area contributed by atoms with Crippen LogP contribution in [0.25, 0.3) is 0 Å². The van der Waals surface area contributed by atoms with Gasteiger partial charge in [0.05, 0.1) is 6.26 Å². The molecule has 1 aliphatic heterocycles. The third-order valence-corrected chi connectivity index (χ3v) is 4.24. The molecule has 0 aromatic rings. The zero-order valence-corrected chi connectivity index (χ0v) is 9.83. The Morgan fingerprint density at radius 3 is 2.53 bits per heavy atom. The van der Waals surface area contributed by atoms with Crippen molar-refractivity contribution in [3.63, 3.8) is 0 Å². The maximum Gasteiger partial charge on any atom is 0.322 e. The van der Waals surface area contributed by atoms with E-state index in [1.807, 2.05) is 6.92 Å². The van der Waals surface area contributed by atoms with Gasteiger partial charge in [-0.3, -0.25) is 4.79 Å². The van der Waals surface area contributed by atoms with Crippen molar-refractivity contribution in [2.45, 2.75) is 32.2 Å². The summed E-state index contributed by atoms with van der Waals surface area (Å²) < 4.78 is 23.8. The average Bonchev–Trinajstić information content (AvgIpc) is 2.15. The lowest BCUT2D eigenvalue weighted by Crippen LogP contribution is -2.49. The molecule has 2 atom stereocenters. The minimum atomic E-state index is -3.40. The van der Waals surface area contributed by atoms with Crippen molar-refractivity contribution in [2.24, 2.45) is 5.92 Å². The number of carboxylic acids is 1. The van der Waals surface area contributed by atoms with E-state index >= 15 is 0 Å². The molecule has 0 aromatic carbocycles. The monoisotopic (exact) mass is 235 g/mol. The molecule has 0 aromatic heterocycles. The highest BCUT2D eigenvalue weighted by molar-refractivity contribution is 7.88. The van der Waals surface area contributed by atoms with E-state index in [1.165, 1.54) is 0 Å². The largest absolute Gasteiger partial charge is 0.480 e. The first-order chi connectivity index (χ1) is 6.86. The molecule has 1 rings (SSSR count). The second kappa shape index (κ2) is 4.49. The fraction of sp³-hybridized carbons (Fsp3) is 0.889. The van der Waals surface area contributed by atoms with Gasteiger partial charge < -0.3 is 5.11 Å². The number of carboxylic acid groups (broad SMARTS) is 1. The normalized spacial score (nSPS) is 28.9. The van der Waals surface area contributed by atoms with Gasteiger partial charge in [0.1, 0.15) is 6.04 Å². The maximum atomic E-state index is 11.4. The van der Waals surface area contributed by atoms with E-state index in [0.29, 0.717) is 18.9 Å². The highest BCUT2D eigenvalue weighted by atomic mass is 32.2. The molecular formula is C9H17NO4S. The summed E-state index contributed by atoms with van der Waals surface area (Å²) in [6.45, 7) is 2.33. The lowest BCUT2D eigenvalue weighted by Gasteiger charge is -2.34. The molecule has 0 spiro atoms. The van der Waals surface area contributed by atoms with E-state index in [-0.39, 0.29) is 0 Å². The second-order valence-corrected chi connectivity index (χ2v) is 5.96. The average molecular weight is 235 g/mol. The summed E-state index contributed by atoms with van der Waals surface area (Å²) in [7, 11) is -3.40. The number of aliphatic carboxylic acids is 1. The van der Waals surface area contributed by atoms with E-state index in [2.05, 4.69) is 0 Å². The fourth-order valence-corrected chi connectivity index (χ4v) is 3.08. The van der Waals surface area contributed by atoms with Gasteiger partial charge in [0, 0.05) is 6.54 Å². The van der Waals surface area contributed by atoms with Crippen LogP contribution >= 0.6 is 0 Å². The number of hydrogen-bond acceptors (Lipinski definition) is 3. The summed E-state index contributed by atoms with van der Waals surface area (Å²) in [5.74, 6) is -0.720. The molecule has 1 aliphatic rings. The summed E-state index contributed by atoms with van der Waals surface area (Å²) in [5.41, 5.74) is 0. The molecule has 0 radical (unpaired) electrons. The van der Waals surface area contributed by atoms with Gasteiger partial charge in [-0.05, 0) is 18.8 Å². The van der Waals surface area contributed by atoms with Crippen LogP contribution in [0.15, 0.2) is 0 Å². The van der Waals surface area contributed by atoms with Gasteiger partial charge in [-0.15, -0.1) is 0 Å². The number of nitrogens with zero attached hydrogens (tertiary/aromatic N) is 1. The molecule has 1 heterocycles. The summed E-state index contributed by atoms with van der Waals surface area (Å²) in [5, 5.41) is 8.98. The molecule has 1 N–H and O–H groups in total. The summed E-state index contributed by atoms with van der Waals surface area (Å²) >= 11 is 0.